The molecule has 6 heteroatoms. The molecule has 0 saturated heterocycles. The second-order valence-electron chi connectivity index (χ2n) is 3.41. The minimum absolute atomic E-state index is 0.134. The lowest BCUT2D eigenvalue weighted by atomic mass is 10.2. The fourth-order valence-corrected chi connectivity index (χ4v) is 1.50. The molecular formula is C12H8F2N2OS. The van der Waals surface area contributed by atoms with Crippen molar-refractivity contribution < 1.29 is 13.5 Å². The van der Waals surface area contributed by atoms with Gasteiger partial charge in [0, 0.05) is 12.3 Å². The van der Waals surface area contributed by atoms with Crippen LogP contribution in [0.3, 0.4) is 0 Å². The molecule has 0 amide bonds. The number of hydrogen-bond donors (Lipinski definition) is 1. The van der Waals surface area contributed by atoms with Crippen molar-refractivity contribution in [1.82, 2.24) is 4.98 Å². The van der Waals surface area contributed by atoms with Gasteiger partial charge in [0.1, 0.15) is 10.7 Å². The molecule has 0 bridgehead atoms. The summed E-state index contributed by atoms with van der Waals surface area (Å²) in [6.45, 7) is 0. The second-order valence-corrected chi connectivity index (χ2v) is 3.85. The molecule has 0 aliphatic heterocycles. The third-order valence-electron chi connectivity index (χ3n) is 2.17. The average molecular weight is 266 g/mol. The molecule has 92 valence electrons. The van der Waals surface area contributed by atoms with Gasteiger partial charge in [0.25, 0.3) is 0 Å². The van der Waals surface area contributed by atoms with Gasteiger partial charge >= 0.3 is 0 Å². The normalized spacial score (nSPS) is 10.1. The lowest BCUT2D eigenvalue weighted by Gasteiger charge is -2.09. The van der Waals surface area contributed by atoms with Crippen LogP contribution in [0.1, 0.15) is 5.56 Å². The highest BCUT2D eigenvalue weighted by Gasteiger charge is 2.09. The zero-order valence-corrected chi connectivity index (χ0v) is 9.88. The van der Waals surface area contributed by atoms with Gasteiger partial charge in [-0.15, -0.1) is 0 Å². The van der Waals surface area contributed by atoms with E-state index in [0.29, 0.717) is 5.56 Å². The SMILES string of the molecule is NC(=S)c1ccncc1Oc1ccc(F)c(F)c1. The van der Waals surface area contributed by atoms with E-state index in [2.05, 4.69) is 4.98 Å². The zero-order chi connectivity index (χ0) is 13.1. The van der Waals surface area contributed by atoms with Gasteiger partial charge in [0.15, 0.2) is 17.4 Å². The molecular weight excluding hydrogens is 258 g/mol. The van der Waals surface area contributed by atoms with E-state index in [1.54, 1.807) is 6.07 Å². The molecule has 2 N–H and O–H groups in total. The Morgan fingerprint density at radius 1 is 1.22 bits per heavy atom. The third kappa shape index (κ3) is 2.60. The van der Waals surface area contributed by atoms with Gasteiger partial charge in [-0.1, -0.05) is 12.2 Å². The van der Waals surface area contributed by atoms with Gasteiger partial charge in [-0.2, -0.15) is 0 Å². The van der Waals surface area contributed by atoms with Crippen molar-refractivity contribution in [3.63, 3.8) is 0 Å². The van der Waals surface area contributed by atoms with Gasteiger partial charge in [0.05, 0.1) is 11.8 Å². The van der Waals surface area contributed by atoms with Gasteiger partial charge < -0.3 is 10.5 Å². The van der Waals surface area contributed by atoms with Crippen molar-refractivity contribution in [2.45, 2.75) is 0 Å². The van der Waals surface area contributed by atoms with E-state index in [4.69, 9.17) is 22.7 Å². The summed E-state index contributed by atoms with van der Waals surface area (Å²) >= 11 is 4.85. The Morgan fingerprint density at radius 2 is 2.00 bits per heavy atom. The Balaban J connectivity index is 2.34. The first-order valence-corrected chi connectivity index (χ1v) is 5.35. The number of nitrogens with two attached hydrogens (primary N) is 1. The molecule has 18 heavy (non-hydrogen) atoms. The molecule has 3 nitrogen and oxygen atoms in total. The summed E-state index contributed by atoms with van der Waals surface area (Å²) in [7, 11) is 0. The minimum atomic E-state index is -0.992. The molecule has 1 aromatic heterocycles. The summed E-state index contributed by atoms with van der Waals surface area (Å²) in [5, 5.41) is 0. The zero-order valence-electron chi connectivity index (χ0n) is 9.06. The summed E-state index contributed by atoms with van der Waals surface area (Å²) in [5.41, 5.74) is 5.99. The molecule has 0 aliphatic rings. The summed E-state index contributed by atoms with van der Waals surface area (Å²) in [6.07, 6.45) is 2.91. The number of aromatic nitrogens is 1. The molecule has 0 aliphatic carbocycles. The second kappa shape index (κ2) is 5.05. The van der Waals surface area contributed by atoms with Gasteiger partial charge in [-0.3, -0.25) is 4.98 Å². The third-order valence-corrected chi connectivity index (χ3v) is 2.39. The Hall–Kier alpha value is -2.08. The van der Waals surface area contributed by atoms with Crippen molar-refractivity contribution in [1.29, 1.82) is 0 Å². The van der Waals surface area contributed by atoms with E-state index in [1.165, 1.54) is 18.5 Å². The maximum absolute atomic E-state index is 13.0. The predicted molar refractivity (Wildman–Crippen MR) is 66.6 cm³/mol. The number of rotatable bonds is 3. The summed E-state index contributed by atoms with van der Waals surface area (Å²) in [6, 6.07) is 4.79. The van der Waals surface area contributed by atoms with Crippen LogP contribution >= 0.6 is 12.2 Å². The van der Waals surface area contributed by atoms with Crippen LogP contribution in [0.5, 0.6) is 11.5 Å². The van der Waals surface area contributed by atoms with Gasteiger partial charge in [0.2, 0.25) is 0 Å². The monoisotopic (exact) mass is 266 g/mol. The fourth-order valence-electron chi connectivity index (χ4n) is 1.33. The summed E-state index contributed by atoms with van der Waals surface area (Å²) in [5.74, 6) is -1.51. The van der Waals surface area contributed by atoms with Crippen molar-refractivity contribution in [2.75, 3.05) is 0 Å². The number of nitrogens with zero attached hydrogens (tertiary/aromatic N) is 1. The number of hydrogen-bond acceptors (Lipinski definition) is 3. The van der Waals surface area contributed by atoms with Crippen molar-refractivity contribution >= 4 is 17.2 Å². The maximum Gasteiger partial charge on any atom is 0.162 e. The van der Waals surface area contributed by atoms with Crippen LogP contribution in [0.2, 0.25) is 0 Å². The van der Waals surface area contributed by atoms with Crippen LogP contribution in [-0.4, -0.2) is 9.97 Å². The molecule has 1 aromatic carbocycles. The van der Waals surface area contributed by atoms with E-state index in [0.717, 1.165) is 12.1 Å². The minimum Gasteiger partial charge on any atom is -0.455 e. The molecule has 2 rings (SSSR count). The lowest BCUT2D eigenvalue weighted by Crippen LogP contribution is -2.10. The van der Waals surface area contributed by atoms with Crippen molar-refractivity contribution in [3.8, 4) is 11.5 Å². The Labute approximate surface area is 107 Å². The van der Waals surface area contributed by atoms with Gasteiger partial charge in [-0.05, 0) is 18.2 Å². The Morgan fingerprint density at radius 3 is 2.67 bits per heavy atom. The Bertz CT molecular complexity index is 604. The van der Waals surface area contributed by atoms with E-state index in [1.807, 2.05) is 0 Å². The molecule has 0 radical (unpaired) electrons. The van der Waals surface area contributed by atoms with Crippen LogP contribution < -0.4 is 10.5 Å². The highest BCUT2D eigenvalue weighted by atomic mass is 32.1. The lowest BCUT2D eigenvalue weighted by molar-refractivity contribution is 0.459. The standard InChI is InChI=1S/C12H8F2N2OS/c13-9-2-1-7(5-10(9)14)17-11-6-16-4-3-8(11)12(15)18/h1-6H,(H2,15,18). The highest BCUT2D eigenvalue weighted by Crippen LogP contribution is 2.25. The van der Waals surface area contributed by atoms with Crippen LogP contribution in [0.15, 0.2) is 36.7 Å². The number of benzene rings is 1. The molecule has 0 spiro atoms. The Kier molecular flexibility index (Phi) is 3.47. The maximum atomic E-state index is 13.0. The van der Waals surface area contributed by atoms with Gasteiger partial charge in [-0.25, -0.2) is 8.78 Å². The fraction of sp³-hybridized carbons (Fsp3) is 0. The van der Waals surface area contributed by atoms with Crippen molar-refractivity contribution in [3.05, 3.63) is 53.9 Å². The molecule has 0 unspecified atom stereocenters. The number of halogens is 2. The first kappa shape index (κ1) is 12.4. The van der Waals surface area contributed by atoms with Crippen LogP contribution in [0.4, 0.5) is 8.78 Å². The van der Waals surface area contributed by atoms with E-state index in [-0.39, 0.29) is 16.5 Å². The molecule has 0 saturated carbocycles. The van der Waals surface area contributed by atoms with Crippen LogP contribution in [0, 0.1) is 11.6 Å². The smallest absolute Gasteiger partial charge is 0.162 e. The van der Waals surface area contributed by atoms with Crippen LogP contribution in [0.25, 0.3) is 0 Å². The number of ether oxygens (including phenoxy) is 1. The largest absolute Gasteiger partial charge is 0.455 e. The first-order chi connectivity index (χ1) is 8.58. The average Bonchev–Trinajstić information content (AvgIpc) is 2.34. The highest BCUT2D eigenvalue weighted by molar-refractivity contribution is 7.80. The first-order valence-electron chi connectivity index (χ1n) is 4.94. The molecule has 0 fully saturated rings. The summed E-state index contributed by atoms with van der Waals surface area (Å²) in [4.78, 5) is 3.99. The molecule has 2 aromatic rings. The van der Waals surface area contributed by atoms with Crippen molar-refractivity contribution in [2.24, 2.45) is 5.73 Å². The van der Waals surface area contributed by atoms with Crippen LogP contribution in [-0.2, 0) is 0 Å². The number of thiocarbonyl (C=S) groups is 1. The molecule has 0 atom stereocenters. The number of pyridine rings is 1. The quantitative estimate of drug-likeness (QED) is 0.868. The van der Waals surface area contributed by atoms with E-state index in [9.17, 15) is 8.78 Å². The topological polar surface area (TPSA) is 48.1 Å². The van der Waals surface area contributed by atoms with E-state index >= 15 is 0 Å². The summed E-state index contributed by atoms with van der Waals surface area (Å²) < 4.78 is 31.2. The predicted octanol–water partition coefficient (Wildman–Crippen LogP) is 2.79. The molecule has 1 heterocycles. The van der Waals surface area contributed by atoms with E-state index < -0.39 is 11.6 Å².